The summed E-state index contributed by atoms with van der Waals surface area (Å²) in [5.41, 5.74) is 3.32. The van der Waals surface area contributed by atoms with Crippen molar-refractivity contribution in [2.75, 3.05) is 39.3 Å². The number of amides is 1. The maximum Gasteiger partial charge on any atom is 0.251 e. The van der Waals surface area contributed by atoms with Gasteiger partial charge in [0.05, 0.1) is 6.10 Å². The molecule has 0 spiro atoms. The molecule has 2 aliphatic rings. The molecule has 0 saturated carbocycles. The first-order valence-corrected chi connectivity index (χ1v) is 10.7. The van der Waals surface area contributed by atoms with Crippen molar-refractivity contribution in [1.29, 1.82) is 0 Å². The van der Waals surface area contributed by atoms with E-state index in [0.29, 0.717) is 6.54 Å². The van der Waals surface area contributed by atoms with E-state index in [1.165, 1.54) is 11.1 Å². The van der Waals surface area contributed by atoms with E-state index in [4.69, 9.17) is 4.74 Å². The molecule has 1 atom stereocenters. The Labute approximate surface area is 173 Å². The Morgan fingerprint density at radius 2 is 1.62 bits per heavy atom. The van der Waals surface area contributed by atoms with E-state index in [2.05, 4.69) is 51.5 Å². The molecule has 2 heterocycles. The second kappa shape index (κ2) is 10.0. The molecule has 5 heteroatoms. The van der Waals surface area contributed by atoms with Crippen molar-refractivity contribution in [3.05, 3.63) is 71.3 Å². The molecule has 5 nitrogen and oxygen atoms in total. The summed E-state index contributed by atoms with van der Waals surface area (Å²) in [6.07, 6.45) is 2.31. The van der Waals surface area contributed by atoms with Gasteiger partial charge >= 0.3 is 0 Å². The van der Waals surface area contributed by atoms with Crippen LogP contribution in [0.2, 0.25) is 0 Å². The molecule has 0 bridgehead atoms. The highest BCUT2D eigenvalue weighted by molar-refractivity contribution is 5.94. The van der Waals surface area contributed by atoms with Crippen LogP contribution in [0.5, 0.6) is 0 Å². The molecule has 4 rings (SSSR count). The molecule has 29 heavy (non-hydrogen) atoms. The fourth-order valence-electron chi connectivity index (χ4n) is 4.13. The van der Waals surface area contributed by atoms with Gasteiger partial charge in [0.25, 0.3) is 5.91 Å². The highest BCUT2D eigenvalue weighted by Gasteiger charge is 2.19. The lowest BCUT2D eigenvalue weighted by Gasteiger charge is -2.34. The molecule has 2 fully saturated rings. The van der Waals surface area contributed by atoms with Gasteiger partial charge in [-0.1, -0.05) is 42.5 Å². The van der Waals surface area contributed by atoms with Gasteiger partial charge in [0.1, 0.15) is 0 Å². The smallest absolute Gasteiger partial charge is 0.251 e. The van der Waals surface area contributed by atoms with Crippen LogP contribution in [0.4, 0.5) is 0 Å². The molecule has 2 aromatic rings. The zero-order chi connectivity index (χ0) is 19.9. The summed E-state index contributed by atoms with van der Waals surface area (Å²) >= 11 is 0. The van der Waals surface area contributed by atoms with Gasteiger partial charge in [-0.25, -0.2) is 0 Å². The van der Waals surface area contributed by atoms with Crippen molar-refractivity contribution in [2.24, 2.45) is 0 Å². The van der Waals surface area contributed by atoms with Crippen LogP contribution in [-0.2, 0) is 17.8 Å². The first kappa shape index (κ1) is 20.1. The molecular formula is C24H31N3O2. The van der Waals surface area contributed by atoms with E-state index >= 15 is 0 Å². The topological polar surface area (TPSA) is 44.8 Å². The summed E-state index contributed by atoms with van der Waals surface area (Å²) in [6.45, 7) is 7.61. The summed E-state index contributed by atoms with van der Waals surface area (Å²) in [6, 6.07) is 18.7. The standard InChI is InChI=1S/C24H31N3O2/c28-24(25-17-23-10-5-15-29-23)22-9-4-8-21(16-22)19-27-13-11-26(12-14-27)18-20-6-2-1-3-7-20/h1-4,6-9,16,23H,5,10-15,17-19H2,(H,25,28). The molecule has 2 aliphatic heterocycles. The second-order valence-electron chi connectivity index (χ2n) is 8.08. The van der Waals surface area contributed by atoms with Gasteiger partial charge in [-0.05, 0) is 36.1 Å². The highest BCUT2D eigenvalue weighted by atomic mass is 16.5. The molecule has 1 N–H and O–H groups in total. The highest BCUT2D eigenvalue weighted by Crippen LogP contribution is 2.14. The lowest BCUT2D eigenvalue weighted by molar-refractivity contribution is 0.0857. The Balaban J connectivity index is 1.24. The number of ether oxygens (including phenoxy) is 1. The van der Waals surface area contributed by atoms with E-state index in [9.17, 15) is 4.79 Å². The number of nitrogens with one attached hydrogen (secondary N) is 1. The average Bonchev–Trinajstić information content (AvgIpc) is 3.28. The summed E-state index contributed by atoms with van der Waals surface area (Å²) in [5, 5.41) is 3.02. The van der Waals surface area contributed by atoms with Crippen LogP contribution in [0.15, 0.2) is 54.6 Å². The van der Waals surface area contributed by atoms with E-state index in [1.54, 1.807) is 0 Å². The third-order valence-electron chi connectivity index (χ3n) is 5.82. The molecule has 1 unspecified atom stereocenters. The molecule has 1 amide bonds. The predicted molar refractivity (Wildman–Crippen MR) is 115 cm³/mol. The fourth-order valence-corrected chi connectivity index (χ4v) is 4.13. The number of piperazine rings is 1. The van der Waals surface area contributed by atoms with Crippen molar-refractivity contribution in [2.45, 2.75) is 32.0 Å². The van der Waals surface area contributed by atoms with E-state index in [1.807, 2.05) is 18.2 Å². The lowest BCUT2D eigenvalue weighted by Crippen LogP contribution is -2.45. The number of carbonyl (C=O) groups excluding carboxylic acids is 1. The van der Waals surface area contributed by atoms with E-state index in [0.717, 1.165) is 64.3 Å². The number of hydrogen-bond donors (Lipinski definition) is 1. The summed E-state index contributed by atoms with van der Waals surface area (Å²) < 4.78 is 5.58. The molecule has 0 aliphatic carbocycles. The van der Waals surface area contributed by atoms with Crippen LogP contribution in [0.25, 0.3) is 0 Å². The summed E-state index contributed by atoms with van der Waals surface area (Å²) in [7, 11) is 0. The Bertz CT molecular complexity index is 782. The SMILES string of the molecule is O=C(NCC1CCCO1)c1cccc(CN2CCN(Cc3ccccc3)CC2)c1. The lowest BCUT2D eigenvalue weighted by atomic mass is 10.1. The minimum Gasteiger partial charge on any atom is -0.376 e. The molecule has 2 aromatic carbocycles. The largest absolute Gasteiger partial charge is 0.376 e. The van der Waals surface area contributed by atoms with Crippen LogP contribution >= 0.6 is 0 Å². The Morgan fingerprint density at radius 1 is 0.931 bits per heavy atom. The summed E-state index contributed by atoms with van der Waals surface area (Å²) in [4.78, 5) is 17.5. The van der Waals surface area contributed by atoms with Crippen molar-refractivity contribution in [1.82, 2.24) is 15.1 Å². The third-order valence-corrected chi connectivity index (χ3v) is 5.82. The van der Waals surface area contributed by atoms with Gasteiger partial charge in [-0.2, -0.15) is 0 Å². The third kappa shape index (κ3) is 5.89. The number of benzene rings is 2. The predicted octanol–water partition coefficient (Wildman–Crippen LogP) is 2.91. The molecule has 154 valence electrons. The maximum atomic E-state index is 12.5. The maximum absolute atomic E-state index is 12.5. The zero-order valence-electron chi connectivity index (χ0n) is 17.1. The van der Waals surface area contributed by atoms with E-state index in [-0.39, 0.29) is 12.0 Å². The monoisotopic (exact) mass is 393 g/mol. The Kier molecular flexibility index (Phi) is 6.93. The molecule has 0 aromatic heterocycles. The molecule has 2 saturated heterocycles. The van der Waals surface area contributed by atoms with Crippen molar-refractivity contribution < 1.29 is 9.53 Å². The van der Waals surface area contributed by atoms with Crippen molar-refractivity contribution in [3.63, 3.8) is 0 Å². The van der Waals surface area contributed by atoms with Crippen LogP contribution in [0.1, 0.15) is 34.3 Å². The number of carbonyl (C=O) groups is 1. The van der Waals surface area contributed by atoms with Gasteiger partial charge in [0.2, 0.25) is 0 Å². The molecule has 0 radical (unpaired) electrons. The van der Waals surface area contributed by atoms with Crippen LogP contribution in [0, 0.1) is 0 Å². The van der Waals surface area contributed by atoms with Gasteiger partial charge in [-0.15, -0.1) is 0 Å². The second-order valence-corrected chi connectivity index (χ2v) is 8.08. The van der Waals surface area contributed by atoms with Gasteiger partial charge in [0.15, 0.2) is 0 Å². The number of hydrogen-bond acceptors (Lipinski definition) is 4. The van der Waals surface area contributed by atoms with Gasteiger partial charge in [0, 0.05) is 58.0 Å². The normalized spacial score (nSPS) is 20.6. The minimum atomic E-state index is -0.00460. The zero-order valence-corrected chi connectivity index (χ0v) is 17.1. The van der Waals surface area contributed by atoms with Crippen LogP contribution in [-0.4, -0.2) is 61.1 Å². The number of rotatable bonds is 7. The Morgan fingerprint density at radius 3 is 2.31 bits per heavy atom. The van der Waals surface area contributed by atoms with Crippen molar-refractivity contribution >= 4 is 5.91 Å². The van der Waals surface area contributed by atoms with Gasteiger partial charge in [-0.3, -0.25) is 14.6 Å². The van der Waals surface area contributed by atoms with E-state index < -0.39 is 0 Å². The van der Waals surface area contributed by atoms with Crippen LogP contribution < -0.4 is 5.32 Å². The Hall–Kier alpha value is -2.21. The number of nitrogens with zero attached hydrogens (tertiary/aromatic N) is 2. The van der Waals surface area contributed by atoms with Crippen LogP contribution in [0.3, 0.4) is 0 Å². The molecular weight excluding hydrogens is 362 g/mol. The fraction of sp³-hybridized carbons (Fsp3) is 0.458. The summed E-state index contributed by atoms with van der Waals surface area (Å²) in [5.74, 6) is -0.00460. The van der Waals surface area contributed by atoms with Crippen molar-refractivity contribution in [3.8, 4) is 0 Å². The average molecular weight is 394 g/mol. The minimum absolute atomic E-state index is 0.00460. The van der Waals surface area contributed by atoms with Gasteiger partial charge < -0.3 is 10.1 Å². The first-order chi connectivity index (χ1) is 14.3. The first-order valence-electron chi connectivity index (χ1n) is 10.7. The quantitative estimate of drug-likeness (QED) is 0.786.